The van der Waals surface area contributed by atoms with Gasteiger partial charge in [0.05, 0.1) is 11.6 Å². The number of halogens is 3. The zero-order chi connectivity index (χ0) is 20.9. The van der Waals surface area contributed by atoms with Crippen LogP contribution in [0.15, 0.2) is 77.8 Å². The van der Waals surface area contributed by atoms with Gasteiger partial charge in [-0.05, 0) is 48.2 Å². The second-order valence-electron chi connectivity index (χ2n) is 7.94. The maximum Gasteiger partial charge on any atom is 0.416 e. The van der Waals surface area contributed by atoms with Crippen molar-refractivity contribution in [2.75, 3.05) is 0 Å². The summed E-state index contributed by atoms with van der Waals surface area (Å²) in [5, 5.41) is 0. The molecule has 3 atom stereocenters. The van der Waals surface area contributed by atoms with Crippen molar-refractivity contribution in [2.24, 2.45) is 4.99 Å². The average Bonchev–Trinajstić information content (AvgIpc) is 3.19. The van der Waals surface area contributed by atoms with E-state index in [1.165, 1.54) is 17.7 Å². The van der Waals surface area contributed by atoms with Crippen LogP contribution in [0, 0.1) is 6.92 Å². The van der Waals surface area contributed by atoms with E-state index in [2.05, 4.69) is 30.3 Å². The lowest BCUT2D eigenvalue weighted by molar-refractivity contribution is -0.137. The summed E-state index contributed by atoms with van der Waals surface area (Å²) in [4.78, 5) is 5.01. The van der Waals surface area contributed by atoms with Gasteiger partial charge >= 0.3 is 6.18 Å². The number of alkyl halides is 3. The van der Waals surface area contributed by atoms with Gasteiger partial charge in [-0.15, -0.1) is 0 Å². The molecule has 0 aliphatic carbocycles. The molecule has 2 nitrogen and oxygen atoms in total. The summed E-state index contributed by atoms with van der Waals surface area (Å²) in [6.45, 7) is 2.05. The Bertz CT molecular complexity index is 1100. The third-order valence-corrected chi connectivity index (χ3v) is 5.96. The Hall–Kier alpha value is -3.08. The summed E-state index contributed by atoms with van der Waals surface area (Å²) in [7, 11) is 0. The molecule has 0 bridgehead atoms. The predicted octanol–water partition coefficient (Wildman–Crippen LogP) is 6.49. The molecular formula is C25H20F3NO. The zero-order valence-electron chi connectivity index (χ0n) is 16.4. The normalized spacial score (nSPS) is 22.7. The van der Waals surface area contributed by atoms with Gasteiger partial charge in [0.15, 0.2) is 0 Å². The smallest absolute Gasteiger partial charge is 0.416 e. The second-order valence-corrected chi connectivity index (χ2v) is 7.94. The lowest BCUT2D eigenvalue weighted by Gasteiger charge is -2.35. The van der Waals surface area contributed by atoms with E-state index in [0.717, 1.165) is 41.1 Å². The van der Waals surface area contributed by atoms with Gasteiger partial charge in [-0.3, -0.25) is 4.99 Å². The number of benzene rings is 3. The average molecular weight is 407 g/mol. The molecule has 0 saturated carbocycles. The van der Waals surface area contributed by atoms with Gasteiger partial charge in [0.1, 0.15) is 11.9 Å². The number of rotatable bonds is 2. The third-order valence-electron chi connectivity index (χ3n) is 5.96. The Kier molecular flexibility index (Phi) is 4.42. The van der Waals surface area contributed by atoms with E-state index in [4.69, 9.17) is 9.73 Å². The fourth-order valence-electron chi connectivity index (χ4n) is 4.39. The maximum absolute atomic E-state index is 13.0. The van der Waals surface area contributed by atoms with Gasteiger partial charge in [0.25, 0.3) is 0 Å². The molecule has 3 aromatic carbocycles. The van der Waals surface area contributed by atoms with Crippen LogP contribution < -0.4 is 4.74 Å². The molecule has 2 aliphatic heterocycles. The van der Waals surface area contributed by atoms with E-state index in [1.54, 1.807) is 0 Å². The highest BCUT2D eigenvalue weighted by Gasteiger charge is 2.43. The summed E-state index contributed by atoms with van der Waals surface area (Å²) >= 11 is 0. The monoisotopic (exact) mass is 407 g/mol. The first-order chi connectivity index (χ1) is 14.4. The molecule has 0 amide bonds. The molecule has 0 radical (unpaired) electrons. The first-order valence-corrected chi connectivity index (χ1v) is 9.96. The number of aryl methyl sites for hydroxylation is 1. The van der Waals surface area contributed by atoms with Crippen LogP contribution in [0.3, 0.4) is 0 Å². The van der Waals surface area contributed by atoms with E-state index in [9.17, 15) is 13.2 Å². The minimum absolute atomic E-state index is 0.138. The number of aliphatic imine (C=N–C) groups is 1. The van der Waals surface area contributed by atoms with Crippen molar-refractivity contribution in [3.63, 3.8) is 0 Å². The van der Waals surface area contributed by atoms with Gasteiger partial charge in [-0.2, -0.15) is 13.2 Å². The van der Waals surface area contributed by atoms with Crippen LogP contribution in [0.1, 0.15) is 46.3 Å². The standard InChI is InChI=1S/C25H20F3NO/c1-15-6-8-16(9-7-15)21-14-20-19-4-2-3-5-22(19)30-24(23(20)29-21)17-10-12-18(13-11-17)25(26,27)28/h2-13,20,23-24H,14H2,1H3. The highest BCUT2D eigenvalue weighted by atomic mass is 19.4. The lowest BCUT2D eigenvalue weighted by Crippen LogP contribution is -2.30. The van der Waals surface area contributed by atoms with Crippen LogP contribution in [0.2, 0.25) is 0 Å². The molecule has 0 fully saturated rings. The Morgan fingerprint density at radius 1 is 0.900 bits per heavy atom. The zero-order valence-corrected chi connectivity index (χ0v) is 16.4. The Morgan fingerprint density at radius 3 is 2.30 bits per heavy atom. The minimum Gasteiger partial charge on any atom is -0.483 e. The lowest BCUT2D eigenvalue weighted by atomic mass is 9.82. The molecule has 152 valence electrons. The van der Waals surface area contributed by atoms with Gasteiger partial charge in [0, 0.05) is 11.6 Å². The molecule has 5 heteroatoms. The predicted molar refractivity (Wildman–Crippen MR) is 110 cm³/mol. The molecule has 0 aromatic heterocycles. The molecule has 2 aliphatic rings. The fraction of sp³-hybridized carbons (Fsp3) is 0.240. The quantitative estimate of drug-likeness (QED) is 0.476. The largest absolute Gasteiger partial charge is 0.483 e. The van der Waals surface area contributed by atoms with Crippen molar-refractivity contribution in [1.82, 2.24) is 0 Å². The summed E-state index contributed by atoms with van der Waals surface area (Å²) in [5.41, 5.74) is 4.44. The number of fused-ring (bicyclic) bond motifs is 3. The minimum atomic E-state index is -4.36. The number of hydrogen-bond acceptors (Lipinski definition) is 2. The Balaban J connectivity index is 1.55. The molecule has 0 N–H and O–H groups in total. The highest BCUT2D eigenvalue weighted by Crippen LogP contribution is 2.49. The van der Waals surface area contributed by atoms with E-state index in [1.807, 2.05) is 25.1 Å². The maximum atomic E-state index is 13.0. The molecule has 30 heavy (non-hydrogen) atoms. The van der Waals surface area contributed by atoms with Gasteiger partial charge in [-0.1, -0.05) is 60.2 Å². The fourth-order valence-corrected chi connectivity index (χ4v) is 4.39. The third kappa shape index (κ3) is 3.28. The van der Waals surface area contributed by atoms with Gasteiger partial charge in [0.2, 0.25) is 0 Å². The summed E-state index contributed by atoms with van der Waals surface area (Å²) in [6, 6.07) is 21.3. The Morgan fingerprint density at radius 2 is 1.60 bits per heavy atom. The van der Waals surface area contributed by atoms with Crippen LogP contribution >= 0.6 is 0 Å². The summed E-state index contributed by atoms with van der Waals surface area (Å²) < 4.78 is 45.2. The van der Waals surface area contributed by atoms with Crippen molar-refractivity contribution < 1.29 is 17.9 Å². The number of para-hydroxylation sites is 1. The summed E-state index contributed by atoms with van der Waals surface area (Å²) in [5.74, 6) is 0.919. The van der Waals surface area contributed by atoms with Crippen molar-refractivity contribution in [3.05, 3.63) is 101 Å². The number of nitrogens with zero attached hydrogens (tertiary/aromatic N) is 1. The van der Waals surface area contributed by atoms with Crippen molar-refractivity contribution >= 4 is 5.71 Å². The molecule has 5 rings (SSSR count). The van der Waals surface area contributed by atoms with Gasteiger partial charge < -0.3 is 4.74 Å². The molecule has 3 aromatic rings. The number of hydrogen-bond donors (Lipinski definition) is 0. The topological polar surface area (TPSA) is 21.6 Å². The van der Waals surface area contributed by atoms with Crippen molar-refractivity contribution in [2.45, 2.75) is 37.6 Å². The van der Waals surface area contributed by atoms with Crippen LogP contribution in [0.25, 0.3) is 0 Å². The molecule has 0 saturated heterocycles. The molecule has 3 unspecified atom stereocenters. The van der Waals surface area contributed by atoms with E-state index in [0.29, 0.717) is 5.56 Å². The number of ether oxygens (including phenoxy) is 1. The highest BCUT2D eigenvalue weighted by molar-refractivity contribution is 6.02. The SMILES string of the molecule is Cc1ccc(C2=NC3C(C2)c2ccccc2OC3c2ccc(C(F)(F)F)cc2)cc1. The Labute approximate surface area is 173 Å². The van der Waals surface area contributed by atoms with E-state index >= 15 is 0 Å². The molecule has 0 spiro atoms. The van der Waals surface area contributed by atoms with E-state index in [-0.39, 0.29) is 12.0 Å². The van der Waals surface area contributed by atoms with Crippen molar-refractivity contribution in [1.29, 1.82) is 0 Å². The molecule has 2 heterocycles. The first-order valence-electron chi connectivity index (χ1n) is 9.96. The van der Waals surface area contributed by atoms with Crippen LogP contribution in [-0.4, -0.2) is 11.8 Å². The van der Waals surface area contributed by atoms with Crippen molar-refractivity contribution in [3.8, 4) is 5.75 Å². The van der Waals surface area contributed by atoms with Crippen LogP contribution in [-0.2, 0) is 6.18 Å². The van der Waals surface area contributed by atoms with Gasteiger partial charge in [-0.25, -0.2) is 0 Å². The summed E-state index contributed by atoms with van der Waals surface area (Å²) in [6.07, 6.45) is -3.99. The van der Waals surface area contributed by atoms with Crippen LogP contribution in [0.5, 0.6) is 5.75 Å². The van der Waals surface area contributed by atoms with E-state index < -0.39 is 17.8 Å². The molecular weight excluding hydrogens is 387 g/mol. The second kappa shape index (κ2) is 7.01. The first kappa shape index (κ1) is 18.9. The van der Waals surface area contributed by atoms with Crippen LogP contribution in [0.4, 0.5) is 13.2 Å².